The van der Waals surface area contributed by atoms with Crippen molar-refractivity contribution in [3.63, 3.8) is 0 Å². The van der Waals surface area contributed by atoms with Crippen molar-refractivity contribution in [1.29, 1.82) is 0 Å². The average molecular weight is 227 g/mol. The molecule has 1 atom stereocenters. The molecule has 16 heavy (non-hydrogen) atoms. The molecular weight excluding hydrogens is 206 g/mol. The number of ether oxygens (including phenoxy) is 1. The molecule has 92 valence electrons. The predicted octanol–water partition coefficient (Wildman–Crippen LogP) is 0.252. The maximum Gasteiger partial charge on any atom is 0.0670 e. The number of hydrogen-bond acceptors (Lipinski definition) is 4. The number of rotatable bonds is 7. The highest BCUT2D eigenvalue weighted by atomic mass is 16.5. The first-order chi connectivity index (χ1) is 7.72. The average Bonchev–Trinajstić information content (AvgIpc) is 2.66. The fourth-order valence-electron chi connectivity index (χ4n) is 1.73. The van der Waals surface area contributed by atoms with Crippen LogP contribution in [0.4, 0.5) is 0 Å². The molecule has 0 fully saturated rings. The number of hydrogen-bond donors (Lipinski definition) is 2. The third-order valence-corrected chi connectivity index (χ3v) is 2.53. The molecule has 0 aromatic carbocycles. The highest BCUT2D eigenvalue weighted by Crippen LogP contribution is 2.16. The molecule has 0 saturated carbocycles. The van der Waals surface area contributed by atoms with Crippen LogP contribution in [0.5, 0.6) is 0 Å². The van der Waals surface area contributed by atoms with Gasteiger partial charge in [-0.2, -0.15) is 5.10 Å². The van der Waals surface area contributed by atoms with Gasteiger partial charge >= 0.3 is 0 Å². The summed E-state index contributed by atoms with van der Waals surface area (Å²) < 4.78 is 6.76. The summed E-state index contributed by atoms with van der Waals surface area (Å²) >= 11 is 0. The van der Waals surface area contributed by atoms with Crippen LogP contribution < -0.4 is 5.32 Å². The van der Waals surface area contributed by atoms with Crippen LogP contribution in [0.25, 0.3) is 0 Å². The molecule has 1 aromatic rings. The third-order valence-electron chi connectivity index (χ3n) is 2.53. The number of aromatic nitrogens is 2. The molecule has 0 saturated heterocycles. The van der Waals surface area contributed by atoms with Crippen molar-refractivity contribution >= 4 is 0 Å². The Hall–Kier alpha value is -0.910. The molecule has 1 heterocycles. The molecule has 0 bridgehead atoms. The van der Waals surface area contributed by atoms with Gasteiger partial charge in [0, 0.05) is 32.5 Å². The minimum Gasteiger partial charge on any atom is -0.394 e. The number of nitrogens with one attached hydrogen (secondary N) is 1. The molecule has 5 nitrogen and oxygen atoms in total. The van der Waals surface area contributed by atoms with Crippen LogP contribution >= 0.6 is 0 Å². The van der Waals surface area contributed by atoms with Crippen LogP contribution in [0.2, 0.25) is 0 Å². The normalized spacial score (nSPS) is 13.0. The van der Waals surface area contributed by atoms with E-state index >= 15 is 0 Å². The zero-order chi connectivity index (χ0) is 12.0. The van der Waals surface area contributed by atoms with Crippen LogP contribution in [-0.2, 0) is 18.2 Å². The molecule has 0 amide bonds. The predicted molar refractivity (Wildman–Crippen MR) is 62.3 cm³/mol. The number of aryl methyl sites for hydroxylation is 2. The number of aliphatic hydroxyl groups is 1. The van der Waals surface area contributed by atoms with Gasteiger partial charge in [0.25, 0.3) is 0 Å². The van der Waals surface area contributed by atoms with Crippen molar-refractivity contribution < 1.29 is 9.84 Å². The Morgan fingerprint density at radius 2 is 2.38 bits per heavy atom. The van der Waals surface area contributed by atoms with E-state index in [4.69, 9.17) is 4.74 Å². The Morgan fingerprint density at radius 1 is 1.62 bits per heavy atom. The summed E-state index contributed by atoms with van der Waals surface area (Å²) in [5.41, 5.74) is 2.11. The lowest BCUT2D eigenvalue weighted by Crippen LogP contribution is -2.28. The Bertz CT molecular complexity index is 312. The zero-order valence-corrected chi connectivity index (χ0v) is 10.2. The second-order valence-corrected chi connectivity index (χ2v) is 3.74. The molecule has 0 radical (unpaired) electrons. The van der Waals surface area contributed by atoms with Crippen LogP contribution in [-0.4, -0.2) is 41.8 Å². The molecule has 1 rings (SSSR count). The smallest absolute Gasteiger partial charge is 0.0670 e. The van der Waals surface area contributed by atoms with E-state index < -0.39 is 0 Å². The molecular formula is C11H21N3O2. The summed E-state index contributed by atoms with van der Waals surface area (Å²) in [4.78, 5) is 0. The fraction of sp³-hybridized carbons (Fsp3) is 0.727. The van der Waals surface area contributed by atoms with E-state index in [-0.39, 0.29) is 12.6 Å². The highest BCUT2D eigenvalue weighted by molar-refractivity contribution is 5.21. The number of aliphatic hydroxyl groups excluding tert-OH is 1. The van der Waals surface area contributed by atoms with Crippen LogP contribution in [0.1, 0.15) is 24.2 Å². The van der Waals surface area contributed by atoms with Gasteiger partial charge in [0.05, 0.1) is 24.9 Å². The van der Waals surface area contributed by atoms with Gasteiger partial charge in [-0.25, -0.2) is 0 Å². The largest absolute Gasteiger partial charge is 0.394 e. The molecule has 0 aliphatic heterocycles. The summed E-state index contributed by atoms with van der Waals surface area (Å²) in [6.45, 7) is 3.50. The van der Waals surface area contributed by atoms with E-state index in [0.717, 1.165) is 24.2 Å². The number of nitrogens with zero attached hydrogens (tertiary/aromatic N) is 2. The van der Waals surface area contributed by atoms with Crippen molar-refractivity contribution in [2.75, 3.05) is 26.9 Å². The Balaban J connectivity index is 2.69. The van der Waals surface area contributed by atoms with Gasteiger partial charge in [-0.15, -0.1) is 0 Å². The SMILES string of the molecule is CCc1nn(C)cc1C(CO)NCCOC. The van der Waals surface area contributed by atoms with E-state index in [1.165, 1.54) is 0 Å². The van der Waals surface area contributed by atoms with Crippen molar-refractivity contribution in [1.82, 2.24) is 15.1 Å². The monoisotopic (exact) mass is 227 g/mol. The van der Waals surface area contributed by atoms with Crippen molar-refractivity contribution in [2.24, 2.45) is 7.05 Å². The standard InChI is InChI=1S/C11H21N3O2/c1-4-10-9(7-14(2)13-10)11(8-15)12-5-6-16-3/h7,11-12,15H,4-6,8H2,1-3H3. The van der Waals surface area contributed by atoms with E-state index in [0.29, 0.717) is 6.61 Å². The van der Waals surface area contributed by atoms with E-state index in [1.54, 1.807) is 11.8 Å². The lowest BCUT2D eigenvalue weighted by Gasteiger charge is -2.15. The molecule has 1 aromatic heterocycles. The van der Waals surface area contributed by atoms with Gasteiger partial charge in [0.15, 0.2) is 0 Å². The summed E-state index contributed by atoms with van der Waals surface area (Å²) in [6, 6.07) is -0.0567. The van der Waals surface area contributed by atoms with E-state index in [2.05, 4.69) is 17.3 Å². The van der Waals surface area contributed by atoms with Gasteiger partial charge in [0.1, 0.15) is 0 Å². The van der Waals surface area contributed by atoms with Gasteiger partial charge in [-0.3, -0.25) is 4.68 Å². The van der Waals surface area contributed by atoms with Crippen molar-refractivity contribution in [3.05, 3.63) is 17.5 Å². The van der Waals surface area contributed by atoms with Gasteiger partial charge in [0.2, 0.25) is 0 Å². The summed E-state index contributed by atoms with van der Waals surface area (Å²) in [7, 11) is 3.56. The first-order valence-electron chi connectivity index (χ1n) is 5.58. The molecule has 0 aliphatic carbocycles. The lowest BCUT2D eigenvalue weighted by molar-refractivity contribution is 0.184. The van der Waals surface area contributed by atoms with Crippen LogP contribution in [0.15, 0.2) is 6.20 Å². The molecule has 2 N–H and O–H groups in total. The van der Waals surface area contributed by atoms with Crippen LogP contribution in [0, 0.1) is 0 Å². The topological polar surface area (TPSA) is 59.3 Å². The van der Waals surface area contributed by atoms with Gasteiger partial charge in [-0.05, 0) is 6.42 Å². The first kappa shape index (κ1) is 13.2. The first-order valence-corrected chi connectivity index (χ1v) is 5.58. The fourth-order valence-corrected chi connectivity index (χ4v) is 1.73. The molecule has 5 heteroatoms. The second kappa shape index (κ2) is 6.62. The lowest BCUT2D eigenvalue weighted by atomic mass is 10.1. The van der Waals surface area contributed by atoms with Gasteiger partial charge < -0.3 is 15.2 Å². The second-order valence-electron chi connectivity index (χ2n) is 3.74. The Morgan fingerprint density at radius 3 is 2.94 bits per heavy atom. The van der Waals surface area contributed by atoms with Gasteiger partial charge in [-0.1, -0.05) is 6.92 Å². The minimum atomic E-state index is -0.0567. The summed E-state index contributed by atoms with van der Waals surface area (Å²) in [6.07, 6.45) is 2.83. The summed E-state index contributed by atoms with van der Waals surface area (Å²) in [5, 5.41) is 17.0. The quantitative estimate of drug-likeness (QED) is 0.656. The Labute approximate surface area is 96.4 Å². The highest BCUT2D eigenvalue weighted by Gasteiger charge is 2.16. The third kappa shape index (κ3) is 3.30. The van der Waals surface area contributed by atoms with Crippen LogP contribution in [0.3, 0.4) is 0 Å². The molecule has 0 spiro atoms. The zero-order valence-electron chi connectivity index (χ0n) is 10.2. The maximum absolute atomic E-state index is 9.37. The van der Waals surface area contributed by atoms with E-state index in [1.807, 2.05) is 13.2 Å². The number of methoxy groups -OCH3 is 1. The maximum atomic E-state index is 9.37. The summed E-state index contributed by atoms with van der Waals surface area (Å²) in [5.74, 6) is 0. The Kier molecular flexibility index (Phi) is 5.45. The minimum absolute atomic E-state index is 0.0567. The van der Waals surface area contributed by atoms with E-state index in [9.17, 15) is 5.11 Å². The van der Waals surface area contributed by atoms with Crippen molar-refractivity contribution in [3.8, 4) is 0 Å². The molecule has 0 aliphatic rings. The van der Waals surface area contributed by atoms with Crippen molar-refractivity contribution in [2.45, 2.75) is 19.4 Å². The molecule has 1 unspecified atom stereocenters.